The molecule has 0 aliphatic carbocycles. The maximum Gasteiger partial charge on any atom is 0.127 e. The summed E-state index contributed by atoms with van der Waals surface area (Å²) in [4.78, 5) is 0. The fourth-order valence-corrected chi connectivity index (χ4v) is 1.69. The van der Waals surface area contributed by atoms with Gasteiger partial charge in [-0.15, -0.1) is 0 Å². The highest BCUT2D eigenvalue weighted by molar-refractivity contribution is 5.72. The fourth-order valence-electron chi connectivity index (χ4n) is 1.69. The molecule has 0 fully saturated rings. The van der Waals surface area contributed by atoms with Crippen LogP contribution in [0.2, 0.25) is 0 Å². The minimum absolute atomic E-state index is 0.337. The molecule has 0 saturated heterocycles. The van der Waals surface area contributed by atoms with E-state index in [1.165, 1.54) is 6.07 Å². The molecule has 0 aliphatic rings. The third-order valence-electron chi connectivity index (χ3n) is 2.60. The molecule has 0 atom stereocenters. The topological polar surface area (TPSA) is 23.8 Å². The third kappa shape index (κ3) is 1.68. The second-order valence-corrected chi connectivity index (χ2v) is 3.57. The van der Waals surface area contributed by atoms with Crippen LogP contribution in [-0.4, -0.2) is 0 Å². The summed E-state index contributed by atoms with van der Waals surface area (Å²) in [5, 5.41) is 9.07. The van der Waals surface area contributed by atoms with Crippen LogP contribution < -0.4 is 0 Å². The molecule has 0 N–H and O–H groups in total. The van der Waals surface area contributed by atoms with E-state index in [1.54, 1.807) is 13.0 Å². The quantitative estimate of drug-likeness (QED) is 0.706. The van der Waals surface area contributed by atoms with Gasteiger partial charge in [0.2, 0.25) is 0 Å². The second kappa shape index (κ2) is 4.16. The number of halogens is 1. The van der Waals surface area contributed by atoms with Crippen LogP contribution in [0.15, 0.2) is 42.5 Å². The number of nitriles is 1. The molecular weight excluding hydrogens is 201 g/mol. The van der Waals surface area contributed by atoms with Crippen molar-refractivity contribution < 1.29 is 4.39 Å². The van der Waals surface area contributed by atoms with Crippen molar-refractivity contribution in [2.45, 2.75) is 6.92 Å². The number of benzene rings is 2. The summed E-state index contributed by atoms with van der Waals surface area (Å²) in [5.41, 5.74) is 2.53. The summed E-state index contributed by atoms with van der Waals surface area (Å²) in [6, 6.07) is 14.6. The monoisotopic (exact) mass is 211 g/mol. The molecular formula is C14H10FN. The zero-order chi connectivity index (χ0) is 11.5. The Balaban J connectivity index is 2.68. The maximum absolute atomic E-state index is 13.3. The molecule has 0 amide bonds. The molecule has 0 aliphatic heterocycles. The van der Waals surface area contributed by atoms with Crippen LogP contribution in [0.25, 0.3) is 11.1 Å². The van der Waals surface area contributed by atoms with Gasteiger partial charge in [-0.1, -0.05) is 36.4 Å². The van der Waals surface area contributed by atoms with Crippen molar-refractivity contribution in [1.82, 2.24) is 0 Å². The van der Waals surface area contributed by atoms with Gasteiger partial charge in [0.05, 0.1) is 5.56 Å². The summed E-state index contributed by atoms with van der Waals surface area (Å²) in [7, 11) is 0. The van der Waals surface area contributed by atoms with Crippen molar-refractivity contribution >= 4 is 0 Å². The molecule has 0 heterocycles. The molecule has 0 unspecified atom stereocenters. The van der Waals surface area contributed by atoms with Crippen molar-refractivity contribution in [1.29, 1.82) is 5.26 Å². The van der Waals surface area contributed by atoms with Crippen LogP contribution in [0.1, 0.15) is 11.1 Å². The van der Waals surface area contributed by atoms with Crippen LogP contribution in [0, 0.1) is 24.1 Å². The Kier molecular flexibility index (Phi) is 2.70. The first-order valence-electron chi connectivity index (χ1n) is 4.98. The van der Waals surface area contributed by atoms with E-state index in [0.717, 1.165) is 11.1 Å². The van der Waals surface area contributed by atoms with E-state index >= 15 is 0 Å². The van der Waals surface area contributed by atoms with Gasteiger partial charge < -0.3 is 0 Å². The van der Waals surface area contributed by atoms with Crippen LogP contribution >= 0.6 is 0 Å². The number of hydrogen-bond donors (Lipinski definition) is 0. The van der Waals surface area contributed by atoms with E-state index in [0.29, 0.717) is 11.1 Å². The summed E-state index contributed by atoms with van der Waals surface area (Å²) < 4.78 is 13.3. The number of rotatable bonds is 1. The molecule has 2 aromatic carbocycles. The molecule has 0 aromatic heterocycles. The highest BCUT2D eigenvalue weighted by atomic mass is 19.1. The Bertz CT molecular complexity index is 553. The van der Waals surface area contributed by atoms with Gasteiger partial charge in [-0.25, -0.2) is 4.39 Å². The molecule has 1 nitrogen and oxygen atoms in total. The maximum atomic E-state index is 13.3. The fraction of sp³-hybridized carbons (Fsp3) is 0.0714. The van der Waals surface area contributed by atoms with E-state index in [2.05, 4.69) is 6.07 Å². The average Bonchev–Trinajstić information content (AvgIpc) is 2.33. The standard InChI is InChI=1S/C14H10FN/c1-10-13(9-16)12(7-8-14(10)15)11-5-3-2-4-6-11/h2-8H,1H3. The van der Waals surface area contributed by atoms with Gasteiger partial charge in [-0.2, -0.15) is 5.26 Å². The van der Waals surface area contributed by atoms with Crippen LogP contribution in [0.3, 0.4) is 0 Å². The first kappa shape index (κ1) is 10.4. The van der Waals surface area contributed by atoms with E-state index < -0.39 is 0 Å². The molecule has 2 aromatic rings. The normalized spacial score (nSPS) is 9.81. The lowest BCUT2D eigenvalue weighted by molar-refractivity contribution is 0.618. The smallest absolute Gasteiger partial charge is 0.127 e. The van der Waals surface area contributed by atoms with Gasteiger partial charge in [-0.05, 0) is 24.1 Å². The summed E-state index contributed by atoms with van der Waals surface area (Å²) in [6.07, 6.45) is 0. The predicted octanol–water partition coefficient (Wildman–Crippen LogP) is 3.67. The Hall–Kier alpha value is -2.14. The average molecular weight is 211 g/mol. The van der Waals surface area contributed by atoms with Crippen molar-refractivity contribution in [3.8, 4) is 17.2 Å². The Morgan fingerprint density at radius 2 is 1.75 bits per heavy atom. The minimum Gasteiger partial charge on any atom is -0.207 e. The van der Waals surface area contributed by atoms with E-state index in [1.807, 2.05) is 30.3 Å². The van der Waals surface area contributed by atoms with Gasteiger partial charge in [0, 0.05) is 5.56 Å². The lowest BCUT2D eigenvalue weighted by Crippen LogP contribution is -1.92. The van der Waals surface area contributed by atoms with Gasteiger partial charge in [0.25, 0.3) is 0 Å². The molecule has 0 spiro atoms. The molecule has 78 valence electrons. The molecule has 2 rings (SSSR count). The molecule has 0 bridgehead atoms. The Morgan fingerprint density at radius 1 is 1.06 bits per heavy atom. The van der Waals surface area contributed by atoms with E-state index in [9.17, 15) is 4.39 Å². The first-order chi connectivity index (χ1) is 7.74. The second-order valence-electron chi connectivity index (χ2n) is 3.57. The largest absolute Gasteiger partial charge is 0.207 e. The molecule has 0 radical (unpaired) electrons. The van der Waals surface area contributed by atoms with E-state index in [-0.39, 0.29) is 5.82 Å². The zero-order valence-electron chi connectivity index (χ0n) is 8.87. The van der Waals surface area contributed by atoms with Crippen LogP contribution in [0.5, 0.6) is 0 Å². The highest BCUT2D eigenvalue weighted by Crippen LogP contribution is 2.26. The van der Waals surface area contributed by atoms with Gasteiger partial charge in [0.15, 0.2) is 0 Å². The lowest BCUT2D eigenvalue weighted by atomic mass is 9.96. The molecule has 0 saturated carbocycles. The van der Waals surface area contributed by atoms with Gasteiger partial charge in [-0.3, -0.25) is 0 Å². The van der Waals surface area contributed by atoms with Crippen molar-refractivity contribution in [2.75, 3.05) is 0 Å². The van der Waals surface area contributed by atoms with Crippen molar-refractivity contribution in [3.63, 3.8) is 0 Å². The SMILES string of the molecule is Cc1c(F)ccc(-c2ccccc2)c1C#N. The zero-order valence-corrected chi connectivity index (χ0v) is 8.87. The Labute approximate surface area is 93.8 Å². The lowest BCUT2D eigenvalue weighted by Gasteiger charge is -2.07. The Morgan fingerprint density at radius 3 is 2.38 bits per heavy atom. The predicted molar refractivity (Wildman–Crippen MR) is 61.3 cm³/mol. The van der Waals surface area contributed by atoms with Gasteiger partial charge in [0.1, 0.15) is 11.9 Å². The minimum atomic E-state index is -0.337. The number of hydrogen-bond acceptors (Lipinski definition) is 1. The number of nitrogens with zero attached hydrogens (tertiary/aromatic N) is 1. The van der Waals surface area contributed by atoms with Crippen LogP contribution in [0.4, 0.5) is 4.39 Å². The summed E-state index contributed by atoms with van der Waals surface area (Å²) >= 11 is 0. The van der Waals surface area contributed by atoms with Crippen molar-refractivity contribution in [2.24, 2.45) is 0 Å². The molecule has 16 heavy (non-hydrogen) atoms. The van der Waals surface area contributed by atoms with E-state index in [4.69, 9.17) is 5.26 Å². The van der Waals surface area contributed by atoms with Crippen LogP contribution in [-0.2, 0) is 0 Å². The van der Waals surface area contributed by atoms with Gasteiger partial charge >= 0.3 is 0 Å². The first-order valence-corrected chi connectivity index (χ1v) is 4.98. The third-order valence-corrected chi connectivity index (χ3v) is 2.60. The summed E-state index contributed by atoms with van der Waals surface area (Å²) in [5.74, 6) is -0.337. The van der Waals surface area contributed by atoms with Crippen molar-refractivity contribution in [3.05, 3.63) is 59.4 Å². The summed E-state index contributed by atoms with van der Waals surface area (Å²) in [6.45, 7) is 1.63. The highest BCUT2D eigenvalue weighted by Gasteiger charge is 2.10. The molecule has 2 heteroatoms.